The quantitative estimate of drug-likeness (QED) is 0.271. The average molecular weight is 391 g/mol. The molecular weight excluding hydrogens is 366 g/mol. The largest absolute Gasteiger partial charge is 0.480 e. The van der Waals surface area contributed by atoms with Crippen LogP contribution in [0.5, 0.6) is 0 Å². The second-order valence-corrected chi connectivity index (χ2v) is 6.13. The molecule has 0 fully saturated rings. The van der Waals surface area contributed by atoms with Crippen molar-refractivity contribution in [3.05, 3.63) is 0 Å². The number of thiol groups is 1. The van der Waals surface area contributed by atoms with E-state index in [0.29, 0.717) is 4.90 Å². The normalized spacial score (nSPS) is 12.8. The minimum Gasteiger partial charge on any atom is -0.480 e. The minimum atomic E-state index is -1.24. The second-order valence-electron chi connectivity index (χ2n) is 5.77. The molecule has 0 bridgehead atoms. The van der Waals surface area contributed by atoms with Crippen molar-refractivity contribution in [2.75, 3.05) is 12.3 Å². The van der Waals surface area contributed by atoms with Crippen molar-refractivity contribution >= 4 is 42.3 Å². The molecule has 0 aromatic heterocycles. The predicted octanol–water partition coefficient (Wildman–Crippen LogP) is -1.08. The molecule has 0 aliphatic carbocycles. The summed E-state index contributed by atoms with van der Waals surface area (Å²) in [7, 11) is 0. The van der Waals surface area contributed by atoms with Gasteiger partial charge in [0.2, 0.25) is 11.8 Å². The van der Waals surface area contributed by atoms with Crippen LogP contribution in [-0.2, 0) is 28.7 Å². The summed E-state index contributed by atoms with van der Waals surface area (Å²) in [5.41, 5.74) is 5.30. The number of nitrogens with zero attached hydrogens (tertiary/aromatic N) is 1. The molecule has 0 aromatic carbocycles. The van der Waals surface area contributed by atoms with Crippen LogP contribution >= 0.6 is 12.6 Å². The number of aliphatic carboxylic acids is 1. The first-order valence-electron chi connectivity index (χ1n) is 7.89. The van der Waals surface area contributed by atoms with Crippen LogP contribution in [0.3, 0.4) is 0 Å². The Morgan fingerprint density at radius 2 is 1.81 bits per heavy atom. The number of carbonyl (C=O) groups is 5. The number of hydrogen-bond donors (Lipinski definition) is 4. The Labute approximate surface area is 156 Å². The number of carbonyl (C=O) groups excluding carboxylic acids is 4. The number of amides is 3. The van der Waals surface area contributed by atoms with Gasteiger partial charge in [0.05, 0.1) is 6.10 Å². The van der Waals surface area contributed by atoms with E-state index in [1.54, 1.807) is 13.8 Å². The molecule has 0 radical (unpaired) electrons. The van der Waals surface area contributed by atoms with Crippen molar-refractivity contribution in [2.45, 2.75) is 51.8 Å². The Bertz CT molecular complexity index is 553. The molecule has 26 heavy (non-hydrogen) atoms. The van der Waals surface area contributed by atoms with Gasteiger partial charge in [-0.05, 0) is 20.3 Å². The van der Waals surface area contributed by atoms with Crippen LogP contribution in [0.2, 0.25) is 0 Å². The van der Waals surface area contributed by atoms with Crippen molar-refractivity contribution in [1.82, 2.24) is 10.2 Å². The highest BCUT2D eigenvalue weighted by Crippen LogP contribution is 2.03. The van der Waals surface area contributed by atoms with Gasteiger partial charge in [0.1, 0.15) is 18.6 Å². The van der Waals surface area contributed by atoms with Crippen LogP contribution in [0.25, 0.3) is 0 Å². The zero-order valence-corrected chi connectivity index (χ0v) is 15.8. The number of hydrogen-bond acceptors (Lipinski definition) is 8. The molecule has 11 heteroatoms. The molecule has 0 saturated carbocycles. The van der Waals surface area contributed by atoms with Crippen molar-refractivity contribution in [1.29, 1.82) is 0 Å². The lowest BCUT2D eigenvalue weighted by Gasteiger charge is -2.24. The molecule has 0 aromatic rings. The SMILES string of the molecule is CC(=O)N(CC(=O)OC(C)C)C(=O)C(CS)NC(=O)CCC(N)C(=O)O. The predicted molar refractivity (Wildman–Crippen MR) is 94.3 cm³/mol. The van der Waals surface area contributed by atoms with E-state index in [2.05, 4.69) is 17.9 Å². The summed E-state index contributed by atoms with van der Waals surface area (Å²) in [4.78, 5) is 59.0. The molecule has 0 spiro atoms. The molecule has 0 heterocycles. The number of esters is 1. The summed E-state index contributed by atoms with van der Waals surface area (Å²) in [6.45, 7) is 3.76. The van der Waals surface area contributed by atoms with Gasteiger partial charge in [0.25, 0.3) is 5.91 Å². The zero-order valence-electron chi connectivity index (χ0n) is 14.9. The van der Waals surface area contributed by atoms with Crippen LogP contribution in [0, 0.1) is 0 Å². The lowest BCUT2D eigenvalue weighted by Crippen LogP contribution is -2.52. The monoisotopic (exact) mass is 391 g/mol. The Morgan fingerprint density at radius 1 is 1.23 bits per heavy atom. The number of ether oxygens (including phenoxy) is 1. The summed E-state index contributed by atoms with van der Waals surface area (Å²) in [5.74, 6) is -4.26. The number of nitrogens with one attached hydrogen (secondary N) is 1. The van der Waals surface area contributed by atoms with Gasteiger partial charge in [0, 0.05) is 19.1 Å². The molecule has 148 valence electrons. The average Bonchev–Trinajstić information content (AvgIpc) is 2.53. The summed E-state index contributed by atoms with van der Waals surface area (Å²) >= 11 is 3.97. The summed E-state index contributed by atoms with van der Waals surface area (Å²) in [6, 6.07) is -2.37. The Morgan fingerprint density at radius 3 is 2.23 bits per heavy atom. The Hall–Kier alpha value is -2.14. The first-order chi connectivity index (χ1) is 12.0. The van der Waals surface area contributed by atoms with E-state index < -0.39 is 54.4 Å². The van der Waals surface area contributed by atoms with Crippen LogP contribution in [-0.4, -0.2) is 70.2 Å². The molecule has 4 N–H and O–H groups in total. The summed E-state index contributed by atoms with van der Waals surface area (Å²) < 4.78 is 4.90. The van der Waals surface area contributed by atoms with E-state index in [1.165, 1.54) is 0 Å². The standard InChI is InChI=1S/C15H25N3O7S/c1-8(2)25-13(21)6-18(9(3)19)14(22)11(7-26)17-12(20)5-4-10(16)15(23)24/h8,10-11,26H,4-7,16H2,1-3H3,(H,17,20)(H,23,24). The van der Waals surface area contributed by atoms with Gasteiger partial charge >= 0.3 is 11.9 Å². The molecule has 2 atom stereocenters. The molecule has 0 aliphatic rings. The fourth-order valence-corrected chi connectivity index (χ4v) is 2.07. The molecule has 0 saturated heterocycles. The third-order valence-electron chi connectivity index (χ3n) is 3.12. The Balaban J connectivity index is 4.89. The van der Waals surface area contributed by atoms with Crippen molar-refractivity contribution in [3.8, 4) is 0 Å². The number of carboxylic acids is 1. The fourth-order valence-electron chi connectivity index (χ4n) is 1.82. The van der Waals surface area contributed by atoms with Crippen LogP contribution in [0.4, 0.5) is 0 Å². The highest BCUT2D eigenvalue weighted by Gasteiger charge is 2.29. The molecule has 3 amide bonds. The van der Waals surface area contributed by atoms with Crippen molar-refractivity contribution in [3.63, 3.8) is 0 Å². The maximum Gasteiger partial charge on any atom is 0.326 e. The highest BCUT2D eigenvalue weighted by molar-refractivity contribution is 7.80. The first kappa shape index (κ1) is 23.9. The maximum absolute atomic E-state index is 12.4. The van der Waals surface area contributed by atoms with Gasteiger partial charge in [-0.15, -0.1) is 0 Å². The van der Waals surface area contributed by atoms with Gasteiger partial charge in [-0.2, -0.15) is 12.6 Å². The van der Waals surface area contributed by atoms with Gasteiger partial charge in [-0.1, -0.05) is 0 Å². The van der Waals surface area contributed by atoms with Gasteiger partial charge in [-0.3, -0.25) is 28.9 Å². The Kier molecular flexibility index (Phi) is 10.5. The van der Waals surface area contributed by atoms with Crippen LogP contribution in [0.15, 0.2) is 0 Å². The van der Waals surface area contributed by atoms with E-state index in [1.807, 2.05) is 0 Å². The van der Waals surface area contributed by atoms with E-state index in [4.69, 9.17) is 15.6 Å². The lowest BCUT2D eigenvalue weighted by atomic mass is 10.1. The van der Waals surface area contributed by atoms with E-state index in [0.717, 1.165) is 6.92 Å². The minimum absolute atomic E-state index is 0.119. The smallest absolute Gasteiger partial charge is 0.326 e. The van der Waals surface area contributed by atoms with E-state index in [9.17, 15) is 24.0 Å². The summed E-state index contributed by atoms with van der Waals surface area (Å²) in [6.07, 6.45) is -0.753. The van der Waals surface area contributed by atoms with E-state index in [-0.39, 0.29) is 18.6 Å². The zero-order chi connectivity index (χ0) is 20.4. The molecular formula is C15H25N3O7S. The second kappa shape index (κ2) is 11.5. The number of imide groups is 1. The lowest BCUT2D eigenvalue weighted by molar-refractivity contribution is -0.157. The van der Waals surface area contributed by atoms with Gasteiger partial charge in [-0.25, -0.2) is 0 Å². The van der Waals surface area contributed by atoms with Gasteiger partial charge < -0.3 is 20.9 Å². The maximum atomic E-state index is 12.4. The molecule has 0 rings (SSSR count). The number of nitrogens with two attached hydrogens (primary N) is 1. The van der Waals surface area contributed by atoms with Crippen LogP contribution in [0.1, 0.15) is 33.6 Å². The van der Waals surface area contributed by atoms with Crippen molar-refractivity contribution < 1.29 is 33.8 Å². The molecule has 2 unspecified atom stereocenters. The first-order valence-corrected chi connectivity index (χ1v) is 8.52. The third kappa shape index (κ3) is 8.81. The van der Waals surface area contributed by atoms with Crippen molar-refractivity contribution in [2.24, 2.45) is 5.73 Å². The number of rotatable bonds is 10. The topological polar surface area (TPSA) is 156 Å². The van der Waals surface area contributed by atoms with E-state index >= 15 is 0 Å². The molecule has 10 nitrogen and oxygen atoms in total. The highest BCUT2D eigenvalue weighted by atomic mass is 32.1. The number of carboxylic acid groups (broad SMARTS) is 1. The summed E-state index contributed by atoms with van der Waals surface area (Å²) in [5, 5.41) is 11.0. The van der Waals surface area contributed by atoms with Gasteiger partial charge in [0.15, 0.2) is 0 Å². The fraction of sp³-hybridized carbons (Fsp3) is 0.667. The third-order valence-corrected chi connectivity index (χ3v) is 3.48. The van der Waals surface area contributed by atoms with Crippen LogP contribution < -0.4 is 11.1 Å². The molecule has 0 aliphatic heterocycles.